The van der Waals surface area contributed by atoms with Crippen LogP contribution >= 0.6 is 11.5 Å². The molecule has 17 heavy (non-hydrogen) atoms. The highest BCUT2D eigenvalue weighted by atomic mass is 32.1. The van der Waals surface area contributed by atoms with Crippen molar-refractivity contribution >= 4 is 11.5 Å². The first-order valence-corrected chi connectivity index (χ1v) is 6.09. The van der Waals surface area contributed by atoms with Crippen LogP contribution in [-0.4, -0.2) is 26.5 Å². The Morgan fingerprint density at radius 3 is 3.00 bits per heavy atom. The number of nitrogens with zero attached hydrogens (tertiary/aromatic N) is 4. The molecule has 2 aromatic heterocycles. The lowest BCUT2D eigenvalue weighted by molar-refractivity contribution is 0.406. The summed E-state index contributed by atoms with van der Waals surface area (Å²) in [6.07, 6.45) is 2.48. The lowest BCUT2D eigenvalue weighted by Gasteiger charge is -2.12. The molecule has 0 bridgehead atoms. The molecule has 2 rings (SSSR count). The molecule has 0 aliphatic heterocycles. The van der Waals surface area contributed by atoms with Crippen LogP contribution in [0.2, 0.25) is 0 Å². The SMILES string of the molecule is CCc1nnsc1C(N)c1c(OC)cnn1C. The van der Waals surface area contributed by atoms with Gasteiger partial charge < -0.3 is 10.5 Å². The second-order valence-corrected chi connectivity index (χ2v) is 4.42. The molecule has 6 nitrogen and oxygen atoms in total. The molecule has 92 valence electrons. The van der Waals surface area contributed by atoms with Crippen molar-refractivity contribution in [2.24, 2.45) is 12.8 Å². The Hall–Kier alpha value is -1.47. The predicted molar refractivity (Wildman–Crippen MR) is 65.1 cm³/mol. The van der Waals surface area contributed by atoms with Gasteiger partial charge in [0.1, 0.15) is 5.69 Å². The van der Waals surface area contributed by atoms with Gasteiger partial charge in [-0.3, -0.25) is 4.68 Å². The van der Waals surface area contributed by atoms with E-state index < -0.39 is 0 Å². The van der Waals surface area contributed by atoms with Crippen molar-refractivity contribution in [2.45, 2.75) is 19.4 Å². The van der Waals surface area contributed by atoms with Gasteiger partial charge in [-0.25, -0.2) is 0 Å². The highest BCUT2D eigenvalue weighted by Crippen LogP contribution is 2.30. The fraction of sp³-hybridized carbons (Fsp3) is 0.500. The molecule has 7 heteroatoms. The standard InChI is InChI=1S/C10H15N5OS/c1-4-6-10(17-14-13-6)8(11)9-7(16-3)5-12-15(9)2/h5,8H,4,11H2,1-3H3. The molecule has 0 aromatic carbocycles. The van der Waals surface area contributed by atoms with E-state index in [2.05, 4.69) is 14.7 Å². The third-order valence-electron chi connectivity index (χ3n) is 2.67. The number of hydrogen-bond acceptors (Lipinski definition) is 6. The van der Waals surface area contributed by atoms with Crippen LogP contribution in [0.1, 0.15) is 29.2 Å². The van der Waals surface area contributed by atoms with Crippen LogP contribution in [0.3, 0.4) is 0 Å². The number of rotatable bonds is 4. The lowest BCUT2D eigenvalue weighted by atomic mass is 10.1. The molecule has 2 heterocycles. The van der Waals surface area contributed by atoms with Gasteiger partial charge in [-0.15, -0.1) is 5.10 Å². The third kappa shape index (κ3) is 2.03. The van der Waals surface area contributed by atoms with Gasteiger partial charge in [-0.2, -0.15) is 5.10 Å². The molecule has 0 aliphatic carbocycles. The summed E-state index contributed by atoms with van der Waals surface area (Å²) >= 11 is 1.33. The Bertz CT molecular complexity index is 507. The average molecular weight is 253 g/mol. The van der Waals surface area contributed by atoms with Gasteiger partial charge in [0.05, 0.1) is 29.9 Å². The van der Waals surface area contributed by atoms with Crippen LogP contribution in [0, 0.1) is 0 Å². The Balaban J connectivity index is 2.43. The Morgan fingerprint density at radius 1 is 1.59 bits per heavy atom. The molecule has 0 saturated carbocycles. The van der Waals surface area contributed by atoms with Crippen molar-refractivity contribution in [1.82, 2.24) is 19.4 Å². The van der Waals surface area contributed by atoms with E-state index in [1.54, 1.807) is 18.0 Å². The molecule has 2 N–H and O–H groups in total. The number of ether oxygens (including phenoxy) is 1. The molecule has 2 aromatic rings. The van der Waals surface area contributed by atoms with Crippen LogP contribution in [0.15, 0.2) is 6.20 Å². The summed E-state index contributed by atoms with van der Waals surface area (Å²) in [6, 6.07) is -0.299. The average Bonchev–Trinajstić information content (AvgIpc) is 2.93. The largest absolute Gasteiger partial charge is 0.493 e. The van der Waals surface area contributed by atoms with E-state index in [0.29, 0.717) is 5.75 Å². The van der Waals surface area contributed by atoms with Gasteiger partial charge in [0.25, 0.3) is 0 Å². The zero-order valence-corrected chi connectivity index (χ0v) is 10.9. The first kappa shape index (κ1) is 12.0. The maximum atomic E-state index is 6.25. The normalized spacial score (nSPS) is 12.7. The second-order valence-electron chi connectivity index (χ2n) is 3.64. The summed E-state index contributed by atoms with van der Waals surface area (Å²) in [6.45, 7) is 2.04. The van der Waals surface area contributed by atoms with E-state index in [0.717, 1.165) is 22.7 Å². The van der Waals surface area contributed by atoms with E-state index in [-0.39, 0.29) is 6.04 Å². The van der Waals surface area contributed by atoms with Gasteiger partial charge in [0.2, 0.25) is 0 Å². The highest BCUT2D eigenvalue weighted by molar-refractivity contribution is 7.05. The minimum atomic E-state index is -0.299. The summed E-state index contributed by atoms with van der Waals surface area (Å²) in [5.74, 6) is 0.690. The minimum absolute atomic E-state index is 0.299. The Morgan fingerprint density at radius 2 is 2.35 bits per heavy atom. The molecule has 0 saturated heterocycles. The van der Waals surface area contributed by atoms with E-state index in [1.165, 1.54) is 11.5 Å². The van der Waals surface area contributed by atoms with Crippen molar-refractivity contribution in [2.75, 3.05) is 7.11 Å². The molecule has 0 fully saturated rings. The van der Waals surface area contributed by atoms with E-state index in [9.17, 15) is 0 Å². The Labute approximate surface area is 104 Å². The fourth-order valence-corrected chi connectivity index (χ4v) is 2.50. The Kier molecular flexibility index (Phi) is 3.39. The second kappa shape index (κ2) is 4.80. The molecule has 0 amide bonds. The van der Waals surface area contributed by atoms with Crippen LogP contribution in [0.4, 0.5) is 0 Å². The zero-order valence-electron chi connectivity index (χ0n) is 10.0. The first-order chi connectivity index (χ1) is 8.19. The number of aryl methyl sites for hydroxylation is 2. The van der Waals surface area contributed by atoms with Crippen LogP contribution in [-0.2, 0) is 13.5 Å². The smallest absolute Gasteiger partial charge is 0.161 e. The lowest BCUT2D eigenvalue weighted by Crippen LogP contribution is -2.17. The molecular formula is C10H15N5OS. The molecule has 0 aliphatic rings. The number of aromatic nitrogens is 4. The van der Waals surface area contributed by atoms with Gasteiger partial charge >= 0.3 is 0 Å². The zero-order chi connectivity index (χ0) is 12.4. The van der Waals surface area contributed by atoms with E-state index in [4.69, 9.17) is 10.5 Å². The van der Waals surface area contributed by atoms with Crippen molar-refractivity contribution in [3.05, 3.63) is 22.5 Å². The summed E-state index contributed by atoms with van der Waals surface area (Å²) in [7, 11) is 3.46. The van der Waals surface area contributed by atoms with Crippen LogP contribution in [0.5, 0.6) is 5.75 Å². The monoisotopic (exact) mass is 253 g/mol. The number of hydrogen-bond donors (Lipinski definition) is 1. The van der Waals surface area contributed by atoms with Gasteiger partial charge in [0.15, 0.2) is 5.75 Å². The summed E-state index contributed by atoms with van der Waals surface area (Å²) in [5, 5.41) is 8.22. The van der Waals surface area contributed by atoms with E-state index >= 15 is 0 Å². The van der Waals surface area contributed by atoms with Gasteiger partial charge in [-0.05, 0) is 18.0 Å². The van der Waals surface area contributed by atoms with Crippen molar-refractivity contribution < 1.29 is 4.74 Å². The maximum Gasteiger partial charge on any atom is 0.161 e. The van der Waals surface area contributed by atoms with E-state index in [1.807, 2.05) is 14.0 Å². The first-order valence-electron chi connectivity index (χ1n) is 5.31. The van der Waals surface area contributed by atoms with Crippen molar-refractivity contribution in [1.29, 1.82) is 0 Å². The van der Waals surface area contributed by atoms with Gasteiger partial charge in [-0.1, -0.05) is 11.4 Å². The highest BCUT2D eigenvalue weighted by Gasteiger charge is 2.23. The fourth-order valence-electron chi connectivity index (χ4n) is 1.76. The molecule has 0 radical (unpaired) electrons. The quantitative estimate of drug-likeness (QED) is 0.875. The van der Waals surface area contributed by atoms with Crippen LogP contribution in [0.25, 0.3) is 0 Å². The maximum absolute atomic E-state index is 6.25. The molecule has 1 unspecified atom stereocenters. The number of nitrogens with two attached hydrogens (primary N) is 1. The number of methoxy groups -OCH3 is 1. The van der Waals surface area contributed by atoms with Crippen molar-refractivity contribution in [3.8, 4) is 5.75 Å². The summed E-state index contributed by atoms with van der Waals surface area (Å²) < 4.78 is 10.9. The summed E-state index contributed by atoms with van der Waals surface area (Å²) in [5.41, 5.74) is 8.03. The molecule has 0 spiro atoms. The minimum Gasteiger partial charge on any atom is -0.493 e. The molecule has 1 atom stereocenters. The van der Waals surface area contributed by atoms with Crippen LogP contribution < -0.4 is 10.5 Å². The molecular weight excluding hydrogens is 238 g/mol. The van der Waals surface area contributed by atoms with Crippen molar-refractivity contribution in [3.63, 3.8) is 0 Å². The third-order valence-corrected chi connectivity index (χ3v) is 3.52. The predicted octanol–water partition coefficient (Wildman–Crippen LogP) is 0.891. The summed E-state index contributed by atoms with van der Waals surface area (Å²) in [4.78, 5) is 0.967. The topological polar surface area (TPSA) is 78.8 Å². The van der Waals surface area contributed by atoms with Gasteiger partial charge in [0, 0.05) is 7.05 Å².